The number of ether oxygens (including phenoxy) is 3. The second-order valence-electron chi connectivity index (χ2n) is 7.17. The lowest BCUT2D eigenvalue weighted by molar-refractivity contribution is -0.0945. The van der Waals surface area contributed by atoms with E-state index in [1.807, 2.05) is 4.90 Å². The maximum absolute atomic E-state index is 12.7. The molecule has 2 atom stereocenters. The van der Waals surface area contributed by atoms with Crippen LogP contribution in [-0.2, 0) is 14.2 Å². The highest BCUT2D eigenvalue weighted by molar-refractivity contribution is 5.93. The number of hydrogen-bond donors (Lipinski definition) is 0. The third kappa shape index (κ3) is 3.89. The molecular formula is C18H26N2O5. The van der Waals surface area contributed by atoms with Gasteiger partial charge in [0.05, 0.1) is 50.9 Å². The molecule has 1 amide bonds. The molecule has 138 valence electrons. The predicted octanol–water partition coefficient (Wildman–Crippen LogP) is 1.00. The Morgan fingerprint density at radius 3 is 2.84 bits per heavy atom. The van der Waals surface area contributed by atoms with Gasteiger partial charge in [0, 0.05) is 26.2 Å². The average molecular weight is 350 g/mol. The average Bonchev–Trinajstić information content (AvgIpc) is 3.24. The lowest BCUT2D eigenvalue weighted by atomic mass is 9.99. The zero-order chi connectivity index (χ0) is 17.1. The van der Waals surface area contributed by atoms with Gasteiger partial charge in [0.2, 0.25) is 0 Å². The van der Waals surface area contributed by atoms with Crippen molar-refractivity contribution in [1.82, 2.24) is 9.80 Å². The third-order valence-corrected chi connectivity index (χ3v) is 5.31. The van der Waals surface area contributed by atoms with E-state index in [1.165, 1.54) is 12.5 Å². The second-order valence-corrected chi connectivity index (χ2v) is 7.17. The maximum atomic E-state index is 12.7. The van der Waals surface area contributed by atoms with E-state index in [9.17, 15) is 4.79 Å². The highest BCUT2D eigenvalue weighted by Crippen LogP contribution is 2.34. The molecule has 0 radical (unpaired) electrons. The van der Waals surface area contributed by atoms with Gasteiger partial charge in [-0.25, -0.2) is 0 Å². The zero-order valence-corrected chi connectivity index (χ0v) is 14.5. The molecule has 3 fully saturated rings. The van der Waals surface area contributed by atoms with E-state index < -0.39 is 0 Å². The summed E-state index contributed by atoms with van der Waals surface area (Å²) >= 11 is 0. The molecule has 25 heavy (non-hydrogen) atoms. The molecule has 1 aromatic heterocycles. The molecule has 0 bridgehead atoms. The summed E-state index contributed by atoms with van der Waals surface area (Å²) in [6.07, 6.45) is 5.16. The number of carbonyl (C=O) groups excluding carboxylic acids is 1. The minimum Gasteiger partial charge on any atom is -0.472 e. The van der Waals surface area contributed by atoms with Crippen LogP contribution in [0.5, 0.6) is 0 Å². The minimum atomic E-state index is -0.382. The van der Waals surface area contributed by atoms with Gasteiger partial charge in [-0.1, -0.05) is 0 Å². The first-order valence-electron chi connectivity index (χ1n) is 9.11. The van der Waals surface area contributed by atoms with Crippen LogP contribution in [0.1, 0.15) is 23.2 Å². The molecule has 0 unspecified atom stereocenters. The number of carbonyl (C=O) groups is 1. The van der Waals surface area contributed by atoms with Crippen LogP contribution in [0, 0.1) is 0 Å². The van der Waals surface area contributed by atoms with Crippen molar-refractivity contribution in [2.24, 2.45) is 0 Å². The largest absolute Gasteiger partial charge is 0.472 e. The topological polar surface area (TPSA) is 64.4 Å². The highest BCUT2D eigenvalue weighted by atomic mass is 16.6. The molecule has 7 heteroatoms. The Morgan fingerprint density at radius 2 is 2.04 bits per heavy atom. The smallest absolute Gasteiger partial charge is 0.257 e. The SMILES string of the molecule is O=C(c1ccoc1)N1CCOC[C@]2(CC[C@@H](CN3CCOCC3)O2)C1. The molecular weight excluding hydrogens is 324 g/mol. The van der Waals surface area contributed by atoms with Crippen molar-refractivity contribution in [2.75, 3.05) is 59.2 Å². The Bertz CT molecular complexity index is 572. The molecule has 0 aromatic carbocycles. The summed E-state index contributed by atoms with van der Waals surface area (Å²) in [6.45, 7) is 6.73. The minimum absolute atomic E-state index is 0.0149. The second kappa shape index (κ2) is 7.45. The molecule has 1 aromatic rings. The van der Waals surface area contributed by atoms with Gasteiger partial charge < -0.3 is 23.5 Å². The lowest BCUT2D eigenvalue weighted by Crippen LogP contribution is -2.47. The molecule has 0 saturated carbocycles. The lowest BCUT2D eigenvalue weighted by Gasteiger charge is -2.33. The molecule has 3 aliphatic rings. The molecule has 4 rings (SSSR count). The van der Waals surface area contributed by atoms with Crippen molar-refractivity contribution in [1.29, 1.82) is 0 Å². The normalized spacial score (nSPS) is 31.4. The van der Waals surface area contributed by atoms with Crippen molar-refractivity contribution >= 4 is 5.91 Å². The van der Waals surface area contributed by atoms with E-state index in [-0.39, 0.29) is 17.6 Å². The Labute approximate surface area is 147 Å². The molecule has 0 aliphatic carbocycles. The molecule has 1 spiro atoms. The molecule has 3 saturated heterocycles. The maximum Gasteiger partial charge on any atom is 0.257 e. The van der Waals surface area contributed by atoms with Crippen LogP contribution in [0.2, 0.25) is 0 Å². The zero-order valence-electron chi connectivity index (χ0n) is 14.5. The first-order valence-corrected chi connectivity index (χ1v) is 9.11. The van der Waals surface area contributed by atoms with E-state index in [1.54, 1.807) is 6.07 Å². The van der Waals surface area contributed by atoms with E-state index in [0.29, 0.717) is 31.9 Å². The van der Waals surface area contributed by atoms with E-state index in [4.69, 9.17) is 18.6 Å². The fraction of sp³-hybridized carbons (Fsp3) is 0.722. The summed E-state index contributed by atoms with van der Waals surface area (Å²) < 4.78 is 22.7. The van der Waals surface area contributed by atoms with E-state index in [0.717, 1.165) is 45.7 Å². The molecule has 0 N–H and O–H groups in total. The van der Waals surface area contributed by atoms with Crippen molar-refractivity contribution < 1.29 is 23.4 Å². The Morgan fingerprint density at radius 1 is 1.20 bits per heavy atom. The van der Waals surface area contributed by atoms with Gasteiger partial charge in [0.25, 0.3) is 5.91 Å². The number of furan rings is 1. The summed E-state index contributed by atoms with van der Waals surface area (Å²) in [5, 5.41) is 0. The Hall–Kier alpha value is -1.41. The van der Waals surface area contributed by atoms with E-state index in [2.05, 4.69) is 4.90 Å². The van der Waals surface area contributed by atoms with Gasteiger partial charge >= 0.3 is 0 Å². The van der Waals surface area contributed by atoms with Crippen molar-refractivity contribution in [2.45, 2.75) is 24.5 Å². The molecule has 3 aliphatic heterocycles. The highest BCUT2D eigenvalue weighted by Gasteiger charge is 2.44. The summed E-state index contributed by atoms with van der Waals surface area (Å²) in [7, 11) is 0. The third-order valence-electron chi connectivity index (χ3n) is 5.31. The number of hydrogen-bond acceptors (Lipinski definition) is 6. The van der Waals surface area contributed by atoms with Gasteiger partial charge in [-0.15, -0.1) is 0 Å². The summed E-state index contributed by atoms with van der Waals surface area (Å²) in [4.78, 5) is 16.9. The van der Waals surface area contributed by atoms with Crippen LogP contribution in [0.4, 0.5) is 0 Å². The van der Waals surface area contributed by atoms with Crippen LogP contribution in [0.25, 0.3) is 0 Å². The van der Waals surface area contributed by atoms with Crippen LogP contribution in [0.15, 0.2) is 23.0 Å². The van der Waals surface area contributed by atoms with Gasteiger partial charge in [0.1, 0.15) is 11.9 Å². The van der Waals surface area contributed by atoms with E-state index >= 15 is 0 Å². The Balaban J connectivity index is 1.39. The summed E-state index contributed by atoms with van der Waals surface area (Å²) in [5.41, 5.74) is 0.201. The van der Waals surface area contributed by atoms with Crippen molar-refractivity contribution in [3.63, 3.8) is 0 Å². The summed E-state index contributed by atoms with van der Waals surface area (Å²) in [5.74, 6) is -0.0149. The van der Waals surface area contributed by atoms with Gasteiger partial charge in [-0.2, -0.15) is 0 Å². The fourth-order valence-corrected chi connectivity index (χ4v) is 3.97. The van der Waals surface area contributed by atoms with Crippen LogP contribution in [-0.4, -0.2) is 86.6 Å². The van der Waals surface area contributed by atoms with Gasteiger partial charge in [-0.3, -0.25) is 9.69 Å². The van der Waals surface area contributed by atoms with Crippen molar-refractivity contribution in [3.05, 3.63) is 24.2 Å². The molecule has 7 nitrogen and oxygen atoms in total. The number of nitrogens with zero attached hydrogens (tertiary/aromatic N) is 2. The predicted molar refractivity (Wildman–Crippen MR) is 89.5 cm³/mol. The molecule has 4 heterocycles. The van der Waals surface area contributed by atoms with Gasteiger partial charge in [-0.05, 0) is 18.9 Å². The number of rotatable bonds is 3. The Kier molecular flexibility index (Phi) is 5.08. The summed E-state index contributed by atoms with van der Waals surface area (Å²) in [6, 6.07) is 1.71. The number of morpholine rings is 1. The van der Waals surface area contributed by atoms with Gasteiger partial charge in [0.15, 0.2) is 0 Å². The standard InChI is InChI=1S/C18H26N2O5/c21-17(15-2-7-23-12-15)20-6-10-24-14-18(13-20)3-1-16(25-18)11-19-4-8-22-9-5-19/h2,7,12,16H,1,3-6,8-11,13-14H2/t16-,18-/m0/s1. The van der Waals surface area contributed by atoms with Crippen LogP contribution >= 0.6 is 0 Å². The first-order chi connectivity index (χ1) is 12.2. The van der Waals surface area contributed by atoms with Crippen LogP contribution in [0.3, 0.4) is 0 Å². The first kappa shape index (κ1) is 17.0. The van der Waals surface area contributed by atoms with Crippen LogP contribution < -0.4 is 0 Å². The quantitative estimate of drug-likeness (QED) is 0.810. The number of amides is 1. The van der Waals surface area contributed by atoms with Crippen molar-refractivity contribution in [3.8, 4) is 0 Å². The monoisotopic (exact) mass is 350 g/mol. The fourth-order valence-electron chi connectivity index (χ4n) is 3.97.